The van der Waals surface area contributed by atoms with Gasteiger partial charge in [-0.05, 0) is 24.7 Å². The van der Waals surface area contributed by atoms with Crippen molar-refractivity contribution in [1.82, 2.24) is 5.32 Å². The van der Waals surface area contributed by atoms with E-state index in [4.69, 9.17) is 0 Å². The quantitative estimate of drug-likeness (QED) is 0.859. The van der Waals surface area contributed by atoms with Crippen molar-refractivity contribution in [3.05, 3.63) is 34.3 Å². The zero-order valence-corrected chi connectivity index (χ0v) is 9.64. The normalized spacial score (nSPS) is 31.2. The second kappa shape index (κ2) is 3.63. The fraction of sp³-hybridized carbons (Fsp3) is 0.455. The maximum atomic E-state index is 12.9. The van der Waals surface area contributed by atoms with Crippen LogP contribution in [0.5, 0.6) is 0 Å². The van der Waals surface area contributed by atoms with Gasteiger partial charge in [0.15, 0.2) is 0 Å². The highest BCUT2D eigenvalue weighted by atomic mass is 79.9. The number of halogens is 2. The lowest BCUT2D eigenvalue weighted by atomic mass is 9.70. The minimum Gasteiger partial charge on any atom is -0.310 e. The first-order valence-corrected chi connectivity index (χ1v) is 5.55. The smallest absolute Gasteiger partial charge is 0.104 e. The Hall–Kier alpha value is -0.410. The first-order chi connectivity index (χ1) is 6.66. The van der Waals surface area contributed by atoms with Gasteiger partial charge < -0.3 is 5.32 Å². The summed E-state index contributed by atoms with van der Waals surface area (Å²) in [4.78, 5) is 0. The van der Waals surface area contributed by atoms with Gasteiger partial charge >= 0.3 is 0 Å². The summed E-state index contributed by atoms with van der Waals surface area (Å²) in [5.41, 5.74) is 1.03. The predicted molar refractivity (Wildman–Crippen MR) is 59.0 cm³/mol. The Morgan fingerprint density at radius 3 is 2.71 bits per heavy atom. The van der Waals surface area contributed by atoms with E-state index in [0.717, 1.165) is 4.47 Å². The molecular weight excluding hydrogens is 245 g/mol. The van der Waals surface area contributed by atoms with E-state index in [9.17, 15) is 4.39 Å². The van der Waals surface area contributed by atoms with Crippen LogP contribution in [0.25, 0.3) is 0 Å². The van der Waals surface area contributed by atoms with E-state index < -0.39 is 6.17 Å². The van der Waals surface area contributed by atoms with Crippen molar-refractivity contribution in [2.75, 3.05) is 7.05 Å². The second-order valence-corrected chi connectivity index (χ2v) is 4.76. The van der Waals surface area contributed by atoms with Gasteiger partial charge in [0.05, 0.1) is 0 Å². The molecule has 0 radical (unpaired) electrons. The van der Waals surface area contributed by atoms with Gasteiger partial charge in [-0.3, -0.25) is 0 Å². The summed E-state index contributed by atoms with van der Waals surface area (Å²) < 4.78 is 14.0. The van der Waals surface area contributed by atoms with E-state index in [1.165, 1.54) is 5.56 Å². The van der Waals surface area contributed by atoms with Gasteiger partial charge in [-0.1, -0.05) is 28.1 Å². The first-order valence-electron chi connectivity index (χ1n) is 4.75. The molecule has 1 aliphatic rings. The van der Waals surface area contributed by atoms with Crippen LogP contribution in [0.1, 0.15) is 18.4 Å². The minimum absolute atomic E-state index is 0.136. The molecule has 1 saturated carbocycles. The van der Waals surface area contributed by atoms with Crippen molar-refractivity contribution in [3.8, 4) is 0 Å². The summed E-state index contributed by atoms with van der Waals surface area (Å²) in [5, 5.41) is 3.23. The molecule has 0 aliphatic heterocycles. The van der Waals surface area contributed by atoms with Crippen LogP contribution >= 0.6 is 15.9 Å². The molecule has 1 aliphatic carbocycles. The maximum absolute atomic E-state index is 12.9. The number of benzene rings is 1. The molecule has 1 fully saturated rings. The fourth-order valence-electron chi connectivity index (χ4n) is 2.07. The van der Waals surface area contributed by atoms with Gasteiger partial charge in [0.25, 0.3) is 0 Å². The zero-order chi connectivity index (χ0) is 10.2. The van der Waals surface area contributed by atoms with E-state index in [-0.39, 0.29) is 5.54 Å². The molecule has 3 heteroatoms. The Morgan fingerprint density at radius 1 is 1.50 bits per heavy atom. The van der Waals surface area contributed by atoms with Gasteiger partial charge in [0, 0.05) is 22.9 Å². The molecule has 1 aromatic carbocycles. The summed E-state index contributed by atoms with van der Waals surface area (Å²) in [6.45, 7) is 0. The first kappa shape index (κ1) is 10.1. The monoisotopic (exact) mass is 257 g/mol. The highest BCUT2D eigenvalue weighted by Gasteiger charge is 2.44. The third-order valence-corrected chi connectivity index (χ3v) is 3.49. The average Bonchev–Trinajstić information content (AvgIpc) is 2.12. The Labute approximate surface area is 91.8 Å². The molecule has 0 saturated heterocycles. The van der Waals surface area contributed by atoms with Crippen LogP contribution in [0.2, 0.25) is 0 Å². The third-order valence-electron chi connectivity index (χ3n) is 3.00. The van der Waals surface area contributed by atoms with Crippen molar-refractivity contribution in [2.45, 2.75) is 24.6 Å². The van der Waals surface area contributed by atoms with Crippen LogP contribution in [-0.2, 0) is 5.54 Å². The van der Waals surface area contributed by atoms with Gasteiger partial charge in [0.1, 0.15) is 6.17 Å². The fourth-order valence-corrected chi connectivity index (χ4v) is 2.47. The van der Waals surface area contributed by atoms with Crippen LogP contribution in [0.4, 0.5) is 4.39 Å². The second-order valence-electron chi connectivity index (χ2n) is 3.85. The highest BCUT2D eigenvalue weighted by molar-refractivity contribution is 9.10. The Morgan fingerprint density at radius 2 is 2.21 bits per heavy atom. The Bertz CT molecular complexity index is 334. The van der Waals surface area contributed by atoms with Gasteiger partial charge in [-0.2, -0.15) is 0 Å². The number of nitrogens with one attached hydrogen (secondary N) is 1. The maximum Gasteiger partial charge on any atom is 0.104 e. The number of hydrogen-bond acceptors (Lipinski definition) is 1. The summed E-state index contributed by atoms with van der Waals surface area (Å²) in [6.07, 6.45) is 0.515. The summed E-state index contributed by atoms with van der Waals surface area (Å²) in [7, 11) is 1.90. The molecule has 76 valence electrons. The van der Waals surface area contributed by atoms with Crippen molar-refractivity contribution < 1.29 is 4.39 Å². The van der Waals surface area contributed by atoms with E-state index in [0.29, 0.717) is 12.8 Å². The molecule has 0 aromatic heterocycles. The van der Waals surface area contributed by atoms with Crippen LogP contribution in [0.3, 0.4) is 0 Å². The van der Waals surface area contributed by atoms with Crippen LogP contribution in [0.15, 0.2) is 28.7 Å². The van der Waals surface area contributed by atoms with Crippen LogP contribution < -0.4 is 5.32 Å². The molecule has 0 spiro atoms. The minimum atomic E-state index is -0.651. The molecule has 0 amide bonds. The van der Waals surface area contributed by atoms with E-state index >= 15 is 0 Å². The molecule has 1 N–H and O–H groups in total. The zero-order valence-electron chi connectivity index (χ0n) is 8.06. The molecule has 0 atom stereocenters. The van der Waals surface area contributed by atoms with Gasteiger partial charge in [-0.25, -0.2) is 4.39 Å². The SMILES string of the molecule is CNC1(c2cccc(Br)c2)CC(F)C1. The predicted octanol–water partition coefficient (Wildman–Crippen LogP) is 3.00. The third kappa shape index (κ3) is 1.59. The molecule has 1 aromatic rings. The number of rotatable bonds is 2. The Balaban J connectivity index is 2.29. The molecule has 14 heavy (non-hydrogen) atoms. The van der Waals surface area contributed by atoms with E-state index in [2.05, 4.69) is 27.3 Å². The van der Waals surface area contributed by atoms with Crippen LogP contribution in [0, 0.1) is 0 Å². The molecule has 1 nitrogen and oxygen atoms in total. The summed E-state index contributed by atoms with van der Waals surface area (Å²) in [6, 6.07) is 8.08. The van der Waals surface area contributed by atoms with Crippen LogP contribution in [-0.4, -0.2) is 13.2 Å². The van der Waals surface area contributed by atoms with Crippen molar-refractivity contribution >= 4 is 15.9 Å². The lowest BCUT2D eigenvalue weighted by Crippen LogP contribution is -2.52. The van der Waals surface area contributed by atoms with E-state index in [1.54, 1.807) is 0 Å². The number of alkyl halides is 1. The highest BCUT2D eigenvalue weighted by Crippen LogP contribution is 2.43. The lowest BCUT2D eigenvalue weighted by Gasteiger charge is -2.44. The Kier molecular flexibility index (Phi) is 2.62. The topological polar surface area (TPSA) is 12.0 Å². The lowest BCUT2D eigenvalue weighted by molar-refractivity contribution is 0.0717. The van der Waals surface area contributed by atoms with Crippen molar-refractivity contribution in [1.29, 1.82) is 0 Å². The summed E-state index contributed by atoms with van der Waals surface area (Å²) in [5.74, 6) is 0. The number of hydrogen-bond donors (Lipinski definition) is 1. The molecule has 0 bridgehead atoms. The summed E-state index contributed by atoms with van der Waals surface area (Å²) >= 11 is 3.43. The standard InChI is InChI=1S/C11H13BrFN/c1-14-11(6-10(13)7-11)8-3-2-4-9(12)5-8/h2-5,10,14H,6-7H2,1H3. The molecule has 0 heterocycles. The van der Waals surface area contributed by atoms with Gasteiger partial charge in [0.2, 0.25) is 0 Å². The average molecular weight is 258 g/mol. The van der Waals surface area contributed by atoms with E-state index in [1.807, 2.05) is 25.2 Å². The molecule has 2 rings (SSSR count). The van der Waals surface area contributed by atoms with Crippen molar-refractivity contribution in [3.63, 3.8) is 0 Å². The molecule has 0 unspecified atom stereocenters. The van der Waals surface area contributed by atoms with Gasteiger partial charge in [-0.15, -0.1) is 0 Å². The molecular formula is C11H13BrFN. The van der Waals surface area contributed by atoms with Crippen molar-refractivity contribution in [2.24, 2.45) is 0 Å². The largest absolute Gasteiger partial charge is 0.310 e.